The number of benzene rings is 3. The van der Waals surface area contributed by atoms with Crippen LogP contribution in [0.4, 0.5) is 0 Å². The molecule has 0 aliphatic rings. The van der Waals surface area contributed by atoms with Gasteiger partial charge >= 0.3 is 0 Å². The van der Waals surface area contributed by atoms with Gasteiger partial charge in [0.05, 0.1) is 17.0 Å². The minimum Gasteiger partial charge on any atom is -0.344 e. The van der Waals surface area contributed by atoms with Gasteiger partial charge in [-0.25, -0.2) is 8.42 Å². The summed E-state index contributed by atoms with van der Waals surface area (Å²) in [5, 5.41) is 3.38. The van der Waals surface area contributed by atoms with Crippen LogP contribution in [0.15, 0.2) is 89.8 Å². The first-order chi connectivity index (χ1) is 13.9. The maximum atomic E-state index is 12.8. The van der Waals surface area contributed by atoms with Crippen molar-refractivity contribution in [3.05, 3.63) is 101 Å². The van der Waals surface area contributed by atoms with E-state index in [0.29, 0.717) is 5.02 Å². The van der Waals surface area contributed by atoms with Crippen LogP contribution in [-0.2, 0) is 14.8 Å². The third kappa shape index (κ3) is 5.44. The second-order valence-electron chi connectivity index (χ2n) is 6.56. The Morgan fingerprint density at radius 3 is 1.79 bits per heavy atom. The van der Waals surface area contributed by atoms with E-state index >= 15 is 0 Å². The lowest BCUT2D eigenvalue weighted by Gasteiger charge is -2.22. The van der Waals surface area contributed by atoms with E-state index in [1.807, 2.05) is 60.7 Å². The van der Waals surface area contributed by atoms with Crippen molar-refractivity contribution in [3.8, 4) is 0 Å². The van der Waals surface area contributed by atoms with Crippen molar-refractivity contribution in [2.75, 3.05) is 0 Å². The second kappa shape index (κ2) is 9.22. The third-order valence-electron chi connectivity index (χ3n) is 4.40. The lowest BCUT2D eigenvalue weighted by molar-refractivity contribution is -0.122. The van der Waals surface area contributed by atoms with Gasteiger partial charge in [0.15, 0.2) is 0 Å². The van der Waals surface area contributed by atoms with Crippen LogP contribution in [0.3, 0.4) is 0 Å². The van der Waals surface area contributed by atoms with E-state index < -0.39 is 28.0 Å². The molecular weight excluding hydrogens is 408 g/mol. The quantitative estimate of drug-likeness (QED) is 0.599. The van der Waals surface area contributed by atoms with Crippen molar-refractivity contribution in [1.82, 2.24) is 10.0 Å². The van der Waals surface area contributed by atoms with Gasteiger partial charge in [-0.3, -0.25) is 4.79 Å². The molecule has 29 heavy (non-hydrogen) atoms. The van der Waals surface area contributed by atoms with Crippen LogP contribution in [0.2, 0.25) is 5.02 Å². The Labute approximate surface area is 175 Å². The van der Waals surface area contributed by atoms with Crippen LogP contribution in [0, 0.1) is 0 Å². The summed E-state index contributed by atoms with van der Waals surface area (Å²) in [5.74, 6) is -0.430. The fraction of sp³-hybridized carbons (Fsp3) is 0.136. The van der Waals surface area contributed by atoms with Gasteiger partial charge in [0, 0.05) is 5.02 Å². The molecule has 1 amide bonds. The molecule has 0 bridgehead atoms. The number of hydrogen-bond acceptors (Lipinski definition) is 3. The second-order valence-corrected chi connectivity index (χ2v) is 8.71. The number of halogens is 1. The molecule has 0 aromatic heterocycles. The Kier molecular flexibility index (Phi) is 6.69. The molecule has 0 aliphatic heterocycles. The van der Waals surface area contributed by atoms with Gasteiger partial charge in [0.1, 0.15) is 0 Å². The monoisotopic (exact) mass is 428 g/mol. The molecule has 3 aromatic carbocycles. The average Bonchev–Trinajstić information content (AvgIpc) is 2.73. The SMILES string of the molecule is C[C@@H](NS(=O)(=O)c1ccc(Cl)cc1)C(=O)NC(c1ccccc1)c1ccccc1. The molecule has 3 aromatic rings. The summed E-state index contributed by atoms with van der Waals surface area (Å²) < 4.78 is 27.5. The molecule has 1 atom stereocenters. The normalized spacial score (nSPS) is 12.5. The van der Waals surface area contributed by atoms with Gasteiger partial charge < -0.3 is 5.32 Å². The number of amides is 1. The van der Waals surface area contributed by atoms with E-state index in [-0.39, 0.29) is 4.90 Å². The van der Waals surface area contributed by atoms with Crippen molar-refractivity contribution < 1.29 is 13.2 Å². The first-order valence-corrected chi connectivity index (χ1v) is 10.9. The molecule has 0 aliphatic carbocycles. The largest absolute Gasteiger partial charge is 0.344 e. The van der Waals surface area contributed by atoms with Gasteiger partial charge in [-0.1, -0.05) is 72.3 Å². The number of carbonyl (C=O) groups is 1. The van der Waals surface area contributed by atoms with Crippen molar-refractivity contribution >= 4 is 27.5 Å². The number of nitrogens with one attached hydrogen (secondary N) is 2. The Bertz CT molecular complexity index is 1020. The first kappa shape index (κ1) is 21.0. The molecular formula is C22H21ClN2O3S. The fourth-order valence-corrected chi connectivity index (χ4v) is 4.21. The highest BCUT2D eigenvalue weighted by atomic mass is 35.5. The maximum absolute atomic E-state index is 12.8. The highest BCUT2D eigenvalue weighted by Crippen LogP contribution is 2.22. The van der Waals surface area contributed by atoms with Crippen LogP contribution in [-0.4, -0.2) is 20.4 Å². The van der Waals surface area contributed by atoms with Gasteiger partial charge in [0.2, 0.25) is 15.9 Å². The molecule has 0 saturated heterocycles. The zero-order chi connectivity index (χ0) is 20.9. The molecule has 0 radical (unpaired) electrons. The predicted molar refractivity (Wildman–Crippen MR) is 114 cm³/mol. The predicted octanol–water partition coefficient (Wildman–Crippen LogP) is 3.91. The summed E-state index contributed by atoms with van der Waals surface area (Å²) in [6, 6.07) is 23.4. The van der Waals surface area contributed by atoms with Crippen molar-refractivity contribution in [1.29, 1.82) is 0 Å². The standard InChI is InChI=1S/C22H21ClN2O3S/c1-16(25-29(27,28)20-14-12-19(23)13-15-20)22(26)24-21(17-8-4-2-5-9-17)18-10-6-3-7-11-18/h2-16,21,25H,1H3,(H,24,26)/t16-/m1/s1. The number of sulfonamides is 1. The molecule has 3 rings (SSSR count). The molecule has 0 spiro atoms. The minimum atomic E-state index is -3.86. The summed E-state index contributed by atoms with van der Waals surface area (Å²) >= 11 is 5.81. The summed E-state index contributed by atoms with van der Waals surface area (Å²) in [6.45, 7) is 1.51. The molecule has 0 saturated carbocycles. The van der Waals surface area contributed by atoms with Gasteiger partial charge in [0.25, 0.3) is 0 Å². The van der Waals surface area contributed by atoms with E-state index in [4.69, 9.17) is 11.6 Å². The minimum absolute atomic E-state index is 0.0456. The Morgan fingerprint density at radius 1 is 0.828 bits per heavy atom. The van der Waals surface area contributed by atoms with E-state index in [0.717, 1.165) is 11.1 Å². The van der Waals surface area contributed by atoms with Gasteiger partial charge in [-0.05, 0) is 42.3 Å². The lowest BCUT2D eigenvalue weighted by Crippen LogP contribution is -2.46. The van der Waals surface area contributed by atoms with Gasteiger partial charge in [-0.2, -0.15) is 4.72 Å². The fourth-order valence-electron chi connectivity index (χ4n) is 2.89. The van der Waals surface area contributed by atoms with E-state index in [1.165, 1.54) is 31.2 Å². The molecule has 7 heteroatoms. The smallest absolute Gasteiger partial charge is 0.241 e. The van der Waals surface area contributed by atoms with Crippen LogP contribution >= 0.6 is 11.6 Å². The zero-order valence-electron chi connectivity index (χ0n) is 15.7. The van der Waals surface area contributed by atoms with Crippen LogP contribution in [0.5, 0.6) is 0 Å². The van der Waals surface area contributed by atoms with Crippen LogP contribution in [0.1, 0.15) is 24.1 Å². The third-order valence-corrected chi connectivity index (χ3v) is 6.21. The highest BCUT2D eigenvalue weighted by molar-refractivity contribution is 7.89. The molecule has 150 valence electrons. The maximum Gasteiger partial charge on any atom is 0.241 e. The zero-order valence-corrected chi connectivity index (χ0v) is 17.3. The van der Waals surface area contributed by atoms with E-state index in [9.17, 15) is 13.2 Å². The molecule has 5 nitrogen and oxygen atoms in total. The Morgan fingerprint density at radius 2 is 1.31 bits per heavy atom. The van der Waals surface area contributed by atoms with Crippen LogP contribution < -0.4 is 10.0 Å². The lowest BCUT2D eigenvalue weighted by atomic mass is 9.98. The number of hydrogen-bond donors (Lipinski definition) is 2. The van der Waals surface area contributed by atoms with Crippen LogP contribution in [0.25, 0.3) is 0 Å². The van der Waals surface area contributed by atoms with E-state index in [1.54, 1.807) is 0 Å². The first-order valence-electron chi connectivity index (χ1n) is 9.05. The summed E-state index contributed by atoms with van der Waals surface area (Å²) in [4.78, 5) is 12.8. The molecule has 2 N–H and O–H groups in total. The van der Waals surface area contributed by atoms with Crippen molar-refractivity contribution in [2.24, 2.45) is 0 Å². The average molecular weight is 429 g/mol. The molecule has 0 fully saturated rings. The van der Waals surface area contributed by atoms with Crippen molar-refractivity contribution in [3.63, 3.8) is 0 Å². The molecule has 0 heterocycles. The Balaban J connectivity index is 1.78. The number of carbonyl (C=O) groups excluding carboxylic acids is 1. The van der Waals surface area contributed by atoms with Crippen molar-refractivity contribution in [2.45, 2.75) is 23.9 Å². The number of rotatable bonds is 7. The van der Waals surface area contributed by atoms with Gasteiger partial charge in [-0.15, -0.1) is 0 Å². The Hall–Kier alpha value is -2.67. The summed E-state index contributed by atoms with van der Waals surface area (Å²) in [5.41, 5.74) is 1.81. The molecule has 0 unspecified atom stereocenters. The summed E-state index contributed by atoms with van der Waals surface area (Å²) in [7, 11) is -3.86. The topological polar surface area (TPSA) is 75.3 Å². The highest BCUT2D eigenvalue weighted by Gasteiger charge is 2.25. The summed E-state index contributed by atoms with van der Waals surface area (Å²) in [6.07, 6.45) is 0. The van der Waals surface area contributed by atoms with E-state index in [2.05, 4.69) is 10.0 Å².